The summed E-state index contributed by atoms with van der Waals surface area (Å²) in [5.41, 5.74) is 5.14. The Kier molecular flexibility index (Phi) is 5.17. The molecule has 0 fully saturated rings. The van der Waals surface area contributed by atoms with Crippen LogP contribution in [0.3, 0.4) is 0 Å². The fourth-order valence-electron chi connectivity index (χ4n) is 0.499. The first-order valence-electron chi connectivity index (χ1n) is 3.23. The van der Waals surface area contributed by atoms with Crippen LogP contribution in [0.25, 0.3) is 0 Å². The molecule has 0 aliphatic carbocycles. The summed E-state index contributed by atoms with van der Waals surface area (Å²) in [6, 6.07) is 0. The molecule has 0 aromatic heterocycles. The molecule has 0 aromatic rings. The maximum absolute atomic E-state index is 10.5. The Labute approximate surface area is 70.6 Å². The van der Waals surface area contributed by atoms with E-state index in [9.17, 15) is 4.79 Å². The molecule has 0 radical (unpaired) electrons. The van der Waals surface area contributed by atoms with Gasteiger partial charge in [0.15, 0.2) is 0 Å². The van der Waals surface area contributed by atoms with E-state index in [1.54, 1.807) is 0 Å². The van der Waals surface area contributed by atoms with Gasteiger partial charge in [0.05, 0.1) is 18.9 Å². The Hall–Kier alpha value is -1.71. The molecule has 0 aliphatic rings. The largest absolute Gasteiger partial charge is 0.504 e. The Morgan fingerprint density at radius 1 is 1.58 bits per heavy atom. The third-order valence-electron chi connectivity index (χ3n) is 1.02. The van der Waals surface area contributed by atoms with Crippen molar-refractivity contribution in [3.8, 4) is 0 Å². The maximum atomic E-state index is 10.5. The second-order valence-electron chi connectivity index (χ2n) is 1.85. The molecule has 0 heterocycles. The molecule has 0 aromatic carbocycles. The van der Waals surface area contributed by atoms with Crippen molar-refractivity contribution in [2.45, 2.75) is 0 Å². The zero-order chi connectivity index (χ0) is 9.40. The van der Waals surface area contributed by atoms with Crippen molar-refractivity contribution in [1.29, 1.82) is 0 Å². The zero-order valence-electron chi connectivity index (χ0n) is 6.73. The number of carboxylic acids is 1. The lowest BCUT2D eigenvalue weighted by Gasteiger charge is -1.91. The normalized spacial score (nSPS) is 12.6. The third-order valence-corrected chi connectivity index (χ3v) is 1.02. The van der Waals surface area contributed by atoms with Gasteiger partial charge in [0.25, 0.3) is 0 Å². The standard InChI is InChI=1S/C8H11NO3/c1-12-6-4-7(8(10)11)3-2-5-9/h2-6H,9H2,1H3,(H,10,11)/b5-2+,6-4+,7-3+. The Morgan fingerprint density at radius 2 is 2.25 bits per heavy atom. The number of methoxy groups -OCH3 is 1. The molecular weight excluding hydrogens is 158 g/mol. The Bertz CT molecular complexity index is 228. The van der Waals surface area contributed by atoms with Crippen molar-refractivity contribution in [3.05, 3.63) is 36.3 Å². The van der Waals surface area contributed by atoms with Gasteiger partial charge in [0, 0.05) is 0 Å². The smallest absolute Gasteiger partial charge is 0.335 e. The quantitative estimate of drug-likeness (QED) is 0.368. The minimum Gasteiger partial charge on any atom is -0.504 e. The molecule has 66 valence electrons. The fraction of sp³-hybridized carbons (Fsp3) is 0.125. The van der Waals surface area contributed by atoms with E-state index in [2.05, 4.69) is 4.74 Å². The minimum absolute atomic E-state index is 0.110. The maximum Gasteiger partial charge on any atom is 0.335 e. The van der Waals surface area contributed by atoms with Gasteiger partial charge in [-0.05, 0) is 24.4 Å². The van der Waals surface area contributed by atoms with Crippen LogP contribution in [0.15, 0.2) is 36.3 Å². The van der Waals surface area contributed by atoms with Crippen molar-refractivity contribution >= 4 is 5.97 Å². The number of allylic oxidation sites excluding steroid dienone is 2. The highest BCUT2D eigenvalue weighted by atomic mass is 16.5. The molecule has 0 amide bonds. The lowest BCUT2D eigenvalue weighted by molar-refractivity contribution is -0.132. The predicted octanol–water partition coefficient (Wildman–Crippen LogP) is 0.630. The molecule has 0 spiro atoms. The number of ether oxygens (including phenoxy) is 1. The van der Waals surface area contributed by atoms with Crippen LogP contribution in [-0.4, -0.2) is 18.2 Å². The van der Waals surface area contributed by atoms with Crippen LogP contribution in [0, 0.1) is 0 Å². The highest BCUT2D eigenvalue weighted by Crippen LogP contribution is 1.97. The molecule has 0 rings (SSSR count). The lowest BCUT2D eigenvalue weighted by atomic mass is 10.2. The molecule has 3 N–H and O–H groups in total. The molecule has 4 nitrogen and oxygen atoms in total. The van der Waals surface area contributed by atoms with Gasteiger partial charge < -0.3 is 15.6 Å². The molecule has 0 unspecified atom stereocenters. The van der Waals surface area contributed by atoms with Crippen LogP contribution in [-0.2, 0) is 9.53 Å². The summed E-state index contributed by atoms with van der Waals surface area (Å²) in [4.78, 5) is 10.5. The minimum atomic E-state index is -1.03. The summed E-state index contributed by atoms with van der Waals surface area (Å²) < 4.78 is 4.56. The number of nitrogens with two attached hydrogens (primary N) is 1. The molecule has 4 heteroatoms. The van der Waals surface area contributed by atoms with Crippen molar-refractivity contribution < 1.29 is 14.6 Å². The van der Waals surface area contributed by atoms with Crippen molar-refractivity contribution in [1.82, 2.24) is 0 Å². The fourth-order valence-corrected chi connectivity index (χ4v) is 0.499. The molecule has 0 atom stereocenters. The second kappa shape index (κ2) is 6.03. The summed E-state index contributed by atoms with van der Waals surface area (Å²) in [6.45, 7) is 0. The van der Waals surface area contributed by atoms with Crippen molar-refractivity contribution in [2.24, 2.45) is 5.73 Å². The number of hydrogen-bond donors (Lipinski definition) is 2. The second-order valence-corrected chi connectivity index (χ2v) is 1.85. The van der Waals surface area contributed by atoms with Crippen molar-refractivity contribution in [3.63, 3.8) is 0 Å². The molecule has 12 heavy (non-hydrogen) atoms. The third kappa shape index (κ3) is 4.16. The van der Waals surface area contributed by atoms with Crippen LogP contribution in [0.4, 0.5) is 0 Å². The van der Waals surface area contributed by atoms with Crippen molar-refractivity contribution in [2.75, 3.05) is 7.11 Å². The summed E-state index contributed by atoms with van der Waals surface area (Å²) in [5.74, 6) is -1.03. The van der Waals surface area contributed by atoms with E-state index in [0.29, 0.717) is 0 Å². The first-order valence-corrected chi connectivity index (χ1v) is 3.23. The molecular formula is C8H11NO3. The zero-order valence-corrected chi connectivity index (χ0v) is 6.73. The number of hydrogen-bond acceptors (Lipinski definition) is 3. The Balaban J connectivity index is 4.43. The van der Waals surface area contributed by atoms with Gasteiger partial charge in [-0.1, -0.05) is 0 Å². The average Bonchev–Trinajstić information content (AvgIpc) is 2.04. The highest BCUT2D eigenvalue weighted by molar-refractivity contribution is 5.90. The van der Waals surface area contributed by atoms with Gasteiger partial charge in [-0.15, -0.1) is 0 Å². The van der Waals surface area contributed by atoms with Gasteiger partial charge in [0.2, 0.25) is 0 Å². The molecule has 0 bridgehead atoms. The summed E-state index contributed by atoms with van der Waals surface area (Å²) in [5, 5.41) is 8.58. The molecule has 0 saturated heterocycles. The monoisotopic (exact) mass is 169 g/mol. The first-order chi connectivity index (χ1) is 5.72. The van der Waals surface area contributed by atoms with E-state index >= 15 is 0 Å². The molecule has 0 aliphatic heterocycles. The van der Waals surface area contributed by atoms with E-state index in [1.807, 2.05) is 0 Å². The lowest BCUT2D eigenvalue weighted by Crippen LogP contribution is -1.97. The number of aliphatic carboxylic acids is 1. The topological polar surface area (TPSA) is 72.5 Å². The first kappa shape index (κ1) is 10.3. The van der Waals surface area contributed by atoms with E-state index in [-0.39, 0.29) is 5.57 Å². The van der Waals surface area contributed by atoms with Gasteiger partial charge in [-0.2, -0.15) is 0 Å². The summed E-state index contributed by atoms with van der Waals surface area (Å²) in [7, 11) is 1.44. The van der Waals surface area contributed by atoms with Gasteiger partial charge >= 0.3 is 5.97 Å². The van der Waals surface area contributed by atoms with E-state index < -0.39 is 5.97 Å². The average molecular weight is 169 g/mol. The van der Waals surface area contributed by atoms with Crippen LogP contribution >= 0.6 is 0 Å². The van der Waals surface area contributed by atoms with Gasteiger partial charge in [-0.3, -0.25) is 0 Å². The van der Waals surface area contributed by atoms with Gasteiger partial charge in [-0.25, -0.2) is 4.79 Å². The summed E-state index contributed by atoms with van der Waals surface area (Å²) >= 11 is 0. The SMILES string of the molecule is CO/C=C/C(=C\C=C\N)C(=O)O. The van der Waals surface area contributed by atoms with E-state index in [0.717, 1.165) is 0 Å². The van der Waals surface area contributed by atoms with E-state index in [4.69, 9.17) is 10.8 Å². The van der Waals surface area contributed by atoms with Gasteiger partial charge in [0.1, 0.15) is 0 Å². The predicted molar refractivity (Wildman–Crippen MR) is 45.2 cm³/mol. The van der Waals surface area contributed by atoms with Crippen LogP contribution < -0.4 is 5.73 Å². The molecule has 0 saturated carbocycles. The van der Waals surface area contributed by atoms with Crippen LogP contribution in [0.2, 0.25) is 0 Å². The Morgan fingerprint density at radius 3 is 2.67 bits per heavy atom. The van der Waals surface area contributed by atoms with E-state index in [1.165, 1.54) is 37.8 Å². The van der Waals surface area contributed by atoms with Crippen LogP contribution in [0.1, 0.15) is 0 Å². The summed E-state index contributed by atoms with van der Waals surface area (Å²) in [6.07, 6.45) is 6.68. The number of carbonyl (C=O) groups is 1. The highest BCUT2D eigenvalue weighted by Gasteiger charge is 1.99. The number of carboxylic acid groups (broad SMARTS) is 1. The van der Waals surface area contributed by atoms with Crippen LogP contribution in [0.5, 0.6) is 0 Å². The number of rotatable bonds is 4.